The molecule has 1 aromatic carbocycles. The van der Waals surface area contributed by atoms with Crippen molar-refractivity contribution in [1.29, 1.82) is 0 Å². The van der Waals surface area contributed by atoms with Crippen molar-refractivity contribution in [3.8, 4) is 0 Å². The van der Waals surface area contributed by atoms with Crippen molar-refractivity contribution in [3.63, 3.8) is 0 Å². The molecular formula is C14H17FN2OS2. The van der Waals surface area contributed by atoms with Crippen molar-refractivity contribution in [2.24, 2.45) is 0 Å². The molecule has 0 amide bonds. The number of hydrogen-bond acceptors (Lipinski definition) is 3. The summed E-state index contributed by atoms with van der Waals surface area (Å²) < 4.78 is 13.6. The molecule has 1 aromatic rings. The van der Waals surface area contributed by atoms with E-state index < -0.39 is 0 Å². The SMILES string of the molecule is CC(=O)CCCNC(=S)NC1CSc2c(F)cccc21. The number of carbonyl (C=O) groups excluding carboxylic acids is 1. The molecule has 0 aromatic heterocycles. The largest absolute Gasteiger partial charge is 0.363 e. The van der Waals surface area contributed by atoms with E-state index in [9.17, 15) is 9.18 Å². The molecule has 0 radical (unpaired) electrons. The zero-order chi connectivity index (χ0) is 14.5. The average molecular weight is 312 g/mol. The molecule has 108 valence electrons. The lowest BCUT2D eigenvalue weighted by Gasteiger charge is -2.16. The number of rotatable bonds is 5. The summed E-state index contributed by atoms with van der Waals surface area (Å²) in [5.74, 6) is 0.783. The van der Waals surface area contributed by atoms with Crippen molar-refractivity contribution >= 4 is 34.9 Å². The Hall–Kier alpha value is -1.14. The summed E-state index contributed by atoms with van der Waals surface area (Å²) in [6.07, 6.45) is 1.32. The third kappa shape index (κ3) is 3.93. The molecule has 0 saturated carbocycles. The van der Waals surface area contributed by atoms with Gasteiger partial charge in [-0.1, -0.05) is 12.1 Å². The van der Waals surface area contributed by atoms with Gasteiger partial charge in [-0.25, -0.2) is 4.39 Å². The highest BCUT2D eigenvalue weighted by molar-refractivity contribution is 7.99. The summed E-state index contributed by atoms with van der Waals surface area (Å²) >= 11 is 6.73. The first-order chi connectivity index (χ1) is 9.58. The Kier molecular flexibility index (Phi) is 5.37. The molecule has 0 fully saturated rings. The van der Waals surface area contributed by atoms with Gasteiger partial charge in [-0.2, -0.15) is 0 Å². The summed E-state index contributed by atoms with van der Waals surface area (Å²) in [5.41, 5.74) is 0.961. The quantitative estimate of drug-likeness (QED) is 0.646. The van der Waals surface area contributed by atoms with Crippen LogP contribution in [-0.2, 0) is 4.79 Å². The molecule has 20 heavy (non-hydrogen) atoms. The zero-order valence-electron chi connectivity index (χ0n) is 11.2. The lowest BCUT2D eigenvalue weighted by atomic mass is 10.1. The lowest BCUT2D eigenvalue weighted by molar-refractivity contribution is -0.117. The number of ketones is 1. The third-order valence-corrected chi connectivity index (χ3v) is 4.55. The van der Waals surface area contributed by atoms with Gasteiger partial charge in [-0.3, -0.25) is 0 Å². The smallest absolute Gasteiger partial charge is 0.166 e. The Morgan fingerprint density at radius 2 is 2.35 bits per heavy atom. The molecule has 1 heterocycles. The first kappa shape index (κ1) is 15.3. The molecule has 1 aliphatic heterocycles. The van der Waals surface area contributed by atoms with Gasteiger partial charge in [0.05, 0.1) is 6.04 Å². The highest BCUT2D eigenvalue weighted by Crippen LogP contribution is 2.39. The predicted molar refractivity (Wildman–Crippen MR) is 83.5 cm³/mol. The summed E-state index contributed by atoms with van der Waals surface area (Å²) in [7, 11) is 0. The van der Waals surface area contributed by atoms with Crippen LogP contribution in [0.25, 0.3) is 0 Å². The molecule has 0 saturated heterocycles. The van der Waals surface area contributed by atoms with Gasteiger partial charge in [-0.15, -0.1) is 11.8 Å². The second-order valence-corrected chi connectivity index (χ2v) is 6.17. The molecule has 0 spiro atoms. The molecule has 1 aliphatic rings. The van der Waals surface area contributed by atoms with Gasteiger partial charge in [0.1, 0.15) is 11.6 Å². The highest BCUT2D eigenvalue weighted by atomic mass is 32.2. The van der Waals surface area contributed by atoms with Crippen LogP contribution in [0.15, 0.2) is 23.1 Å². The second kappa shape index (κ2) is 7.04. The molecule has 3 nitrogen and oxygen atoms in total. The molecule has 2 rings (SSSR count). The monoisotopic (exact) mass is 312 g/mol. The Balaban J connectivity index is 1.82. The van der Waals surface area contributed by atoms with Crippen molar-refractivity contribution in [2.75, 3.05) is 12.3 Å². The Labute approximate surface area is 127 Å². The van der Waals surface area contributed by atoms with Crippen LogP contribution in [0.2, 0.25) is 0 Å². The fraction of sp³-hybridized carbons (Fsp3) is 0.429. The first-order valence-corrected chi connectivity index (χ1v) is 7.92. The van der Waals surface area contributed by atoms with Crippen LogP contribution in [0.5, 0.6) is 0 Å². The summed E-state index contributed by atoms with van der Waals surface area (Å²) in [4.78, 5) is 11.5. The summed E-state index contributed by atoms with van der Waals surface area (Å²) in [5, 5.41) is 6.83. The normalized spacial score (nSPS) is 16.6. The Bertz CT molecular complexity index is 522. The van der Waals surface area contributed by atoms with Crippen LogP contribution >= 0.6 is 24.0 Å². The fourth-order valence-corrected chi connectivity index (χ4v) is 3.50. The minimum absolute atomic E-state index is 0.0403. The van der Waals surface area contributed by atoms with Gasteiger partial charge in [0, 0.05) is 23.6 Å². The fourth-order valence-electron chi connectivity index (χ4n) is 2.08. The molecule has 1 atom stereocenters. The number of thiocarbonyl (C=S) groups is 1. The van der Waals surface area contributed by atoms with Crippen LogP contribution in [-0.4, -0.2) is 23.2 Å². The third-order valence-electron chi connectivity index (χ3n) is 3.06. The van der Waals surface area contributed by atoms with Crippen LogP contribution in [0, 0.1) is 5.82 Å². The second-order valence-electron chi connectivity index (χ2n) is 4.73. The molecule has 0 aliphatic carbocycles. The minimum Gasteiger partial charge on any atom is -0.363 e. The van der Waals surface area contributed by atoms with Crippen LogP contribution in [0.4, 0.5) is 4.39 Å². The number of thioether (sulfide) groups is 1. The number of hydrogen-bond donors (Lipinski definition) is 2. The van der Waals surface area contributed by atoms with Gasteiger partial charge < -0.3 is 15.4 Å². The van der Waals surface area contributed by atoms with Gasteiger partial charge >= 0.3 is 0 Å². The Morgan fingerprint density at radius 3 is 3.10 bits per heavy atom. The van der Waals surface area contributed by atoms with E-state index in [4.69, 9.17) is 12.2 Å². The number of fused-ring (bicyclic) bond motifs is 1. The van der Waals surface area contributed by atoms with Gasteiger partial charge in [-0.05, 0) is 37.2 Å². The van der Waals surface area contributed by atoms with Gasteiger partial charge in [0.15, 0.2) is 5.11 Å². The molecule has 0 bridgehead atoms. The van der Waals surface area contributed by atoms with Crippen molar-refractivity contribution in [3.05, 3.63) is 29.6 Å². The number of Topliss-reactive ketones (excluding diaryl/α,β-unsaturated/α-hetero) is 1. The van der Waals surface area contributed by atoms with E-state index in [-0.39, 0.29) is 17.6 Å². The Morgan fingerprint density at radius 1 is 1.55 bits per heavy atom. The topological polar surface area (TPSA) is 41.1 Å². The van der Waals surface area contributed by atoms with E-state index in [1.54, 1.807) is 13.0 Å². The van der Waals surface area contributed by atoms with Crippen molar-refractivity contribution in [1.82, 2.24) is 10.6 Å². The zero-order valence-corrected chi connectivity index (χ0v) is 12.9. The number of halogens is 1. The standard InChI is InChI=1S/C14H17FN2OS2/c1-9(18)4-3-7-16-14(19)17-12-8-20-13-10(12)5-2-6-11(13)15/h2,5-6,12H,3-4,7-8H2,1H3,(H2,16,17,19). The van der Waals surface area contributed by atoms with Crippen molar-refractivity contribution < 1.29 is 9.18 Å². The summed E-state index contributed by atoms with van der Waals surface area (Å²) in [6.45, 7) is 2.25. The van der Waals surface area contributed by atoms with Gasteiger partial charge in [0.2, 0.25) is 0 Å². The molecular weight excluding hydrogens is 295 g/mol. The van der Waals surface area contributed by atoms with Crippen molar-refractivity contribution in [2.45, 2.75) is 30.7 Å². The van der Waals surface area contributed by atoms with Crippen LogP contribution < -0.4 is 10.6 Å². The van der Waals surface area contributed by atoms with Gasteiger partial charge in [0.25, 0.3) is 0 Å². The molecule has 6 heteroatoms. The van der Waals surface area contributed by atoms with E-state index >= 15 is 0 Å². The molecule has 2 N–H and O–H groups in total. The van der Waals surface area contributed by atoms with E-state index in [2.05, 4.69) is 10.6 Å². The van der Waals surface area contributed by atoms with Crippen LogP contribution in [0.1, 0.15) is 31.4 Å². The average Bonchev–Trinajstić information content (AvgIpc) is 2.79. The number of benzene rings is 1. The lowest BCUT2D eigenvalue weighted by Crippen LogP contribution is -2.38. The van der Waals surface area contributed by atoms with E-state index in [0.717, 1.165) is 17.7 Å². The molecule has 1 unspecified atom stereocenters. The maximum Gasteiger partial charge on any atom is 0.166 e. The van der Waals surface area contributed by atoms with E-state index in [1.807, 2.05) is 6.07 Å². The first-order valence-electron chi connectivity index (χ1n) is 6.53. The van der Waals surface area contributed by atoms with Crippen LogP contribution in [0.3, 0.4) is 0 Å². The number of carbonyl (C=O) groups is 1. The highest BCUT2D eigenvalue weighted by Gasteiger charge is 2.25. The van der Waals surface area contributed by atoms with E-state index in [0.29, 0.717) is 23.0 Å². The maximum absolute atomic E-state index is 13.6. The minimum atomic E-state index is -0.169. The number of nitrogens with one attached hydrogen (secondary N) is 2. The predicted octanol–water partition coefficient (Wildman–Crippen LogP) is 2.81. The summed E-state index contributed by atoms with van der Waals surface area (Å²) in [6, 6.07) is 5.16. The van der Waals surface area contributed by atoms with E-state index in [1.165, 1.54) is 17.8 Å². The maximum atomic E-state index is 13.6.